The fraction of sp³-hybridized carbons (Fsp3) is 0.562. The third-order valence-corrected chi connectivity index (χ3v) is 4.55. The molecule has 2 N–H and O–H groups in total. The third kappa shape index (κ3) is 3.33. The smallest absolute Gasteiger partial charge is 0.257 e. The van der Waals surface area contributed by atoms with Gasteiger partial charge in [0.15, 0.2) is 0 Å². The van der Waals surface area contributed by atoms with E-state index >= 15 is 0 Å². The van der Waals surface area contributed by atoms with Gasteiger partial charge in [-0.25, -0.2) is 0 Å². The lowest BCUT2D eigenvalue weighted by molar-refractivity contribution is 0.0648. The molecule has 21 heavy (non-hydrogen) atoms. The first kappa shape index (κ1) is 16.1. The topological polar surface area (TPSA) is 55.6 Å². The number of rotatable bonds is 5. The largest absolute Gasteiger partial charge is 0.496 e. The van der Waals surface area contributed by atoms with Crippen LogP contribution < -0.4 is 10.5 Å². The van der Waals surface area contributed by atoms with Crippen molar-refractivity contribution in [2.45, 2.75) is 32.2 Å². The second-order valence-corrected chi connectivity index (χ2v) is 5.87. The molecule has 2 atom stereocenters. The van der Waals surface area contributed by atoms with Crippen molar-refractivity contribution in [3.63, 3.8) is 0 Å². The monoisotopic (exact) mass is 310 g/mol. The number of carbonyl (C=O) groups is 1. The standard InChI is InChI=1S/C16H23ClN2O2/c1-3-19(14-6-4-5-11(14)10-18)16(20)13-8-7-12(17)9-15(13)21-2/h7-9,11,14H,3-6,10,18H2,1-2H3. The summed E-state index contributed by atoms with van der Waals surface area (Å²) in [7, 11) is 1.55. The second-order valence-electron chi connectivity index (χ2n) is 5.43. The molecule has 1 aromatic carbocycles. The summed E-state index contributed by atoms with van der Waals surface area (Å²) in [5.74, 6) is 0.914. The van der Waals surface area contributed by atoms with Crippen LogP contribution in [0.3, 0.4) is 0 Å². The van der Waals surface area contributed by atoms with Crippen molar-refractivity contribution in [2.75, 3.05) is 20.2 Å². The SMILES string of the molecule is CCN(C(=O)c1ccc(Cl)cc1OC)C1CCCC1CN. The molecule has 0 aromatic heterocycles. The molecule has 4 nitrogen and oxygen atoms in total. The van der Waals surface area contributed by atoms with E-state index in [2.05, 4.69) is 0 Å². The number of amides is 1. The Balaban J connectivity index is 2.28. The van der Waals surface area contributed by atoms with E-state index in [1.807, 2.05) is 11.8 Å². The predicted molar refractivity (Wildman–Crippen MR) is 84.9 cm³/mol. The minimum Gasteiger partial charge on any atom is -0.496 e. The molecule has 5 heteroatoms. The van der Waals surface area contributed by atoms with Gasteiger partial charge in [-0.1, -0.05) is 18.0 Å². The number of benzene rings is 1. The zero-order valence-corrected chi connectivity index (χ0v) is 13.4. The Bertz CT molecular complexity index is 507. The van der Waals surface area contributed by atoms with Gasteiger partial charge >= 0.3 is 0 Å². The number of carbonyl (C=O) groups excluding carboxylic acids is 1. The summed E-state index contributed by atoms with van der Waals surface area (Å²) in [6, 6.07) is 5.36. The summed E-state index contributed by atoms with van der Waals surface area (Å²) < 4.78 is 5.30. The first-order chi connectivity index (χ1) is 10.1. The highest BCUT2D eigenvalue weighted by Crippen LogP contribution is 2.32. The molecule has 1 fully saturated rings. The highest BCUT2D eigenvalue weighted by molar-refractivity contribution is 6.30. The fourth-order valence-corrected chi connectivity index (χ4v) is 3.39. The van der Waals surface area contributed by atoms with Gasteiger partial charge in [-0.05, 0) is 50.4 Å². The van der Waals surface area contributed by atoms with Crippen LogP contribution in [0.1, 0.15) is 36.5 Å². The van der Waals surface area contributed by atoms with Gasteiger partial charge in [-0.2, -0.15) is 0 Å². The van der Waals surface area contributed by atoms with Crippen LogP contribution in [0.4, 0.5) is 0 Å². The zero-order valence-electron chi connectivity index (χ0n) is 12.6. The van der Waals surface area contributed by atoms with Crippen LogP contribution in [0.15, 0.2) is 18.2 Å². The van der Waals surface area contributed by atoms with Crippen LogP contribution in [0.2, 0.25) is 5.02 Å². The van der Waals surface area contributed by atoms with E-state index in [-0.39, 0.29) is 11.9 Å². The molecule has 0 radical (unpaired) electrons. The third-order valence-electron chi connectivity index (χ3n) is 4.32. The Labute approximate surface area is 131 Å². The van der Waals surface area contributed by atoms with Crippen molar-refractivity contribution in [1.82, 2.24) is 4.90 Å². The van der Waals surface area contributed by atoms with E-state index in [1.54, 1.807) is 25.3 Å². The maximum absolute atomic E-state index is 12.9. The molecular formula is C16H23ClN2O2. The molecule has 0 bridgehead atoms. The summed E-state index contributed by atoms with van der Waals surface area (Å²) in [6.45, 7) is 3.31. The number of hydrogen-bond donors (Lipinski definition) is 1. The van der Waals surface area contributed by atoms with Gasteiger partial charge in [0.05, 0.1) is 12.7 Å². The lowest BCUT2D eigenvalue weighted by atomic mass is 10.0. The van der Waals surface area contributed by atoms with E-state index in [4.69, 9.17) is 22.1 Å². The summed E-state index contributed by atoms with van der Waals surface area (Å²) in [4.78, 5) is 14.8. The molecule has 1 aliphatic rings. The normalized spacial score (nSPS) is 21.3. The molecule has 2 unspecified atom stereocenters. The van der Waals surface area contributed by atoms with Crippen molar-refractivity contribution >= 4 is 17.5 Å². The number of halogens is 1. The maximum atomic E-state index is 12.9. The lowest BCUT2D eigenvalue weighted by Crippen LogP contribution is -2.44. The first-order valence-electron chi connectivity index (χ1n) is 7.46. The number of methoxy groups -OCH3 is 1. The van der Waals surface area contributed by atoms with E-state index in [9.17, 15) is 4.79 Å². The van der Waals surface area contributed by atoms with Crippen LogP contribution in [0, 0.1) is 5.92 Å². The number of nitrogens with two attached hydrogens (primary N) is 1. The quantitative estimate of drug-likeness (QED) is 0.909. The van der Waals surface area contributed by atoms with Gasteiger partial charge in [0, 0.05) is 17.6 Å². The van der Waals surface area contributed by atoms with E-state index in [0.29, 0.717) is 35.3 Å². The van der Waals surface area contributed by atoms with Gasteiger partial charge in [0.25, 0.3) is 5.91 Å². The van der Waals surface area contributed by atoms with E-state index < -0.39 is 0 Å². The number of ether oxygens (including phenoxy) is 1. The molecule has 1 saturated carbocycles. The fourth-order valence-electron chi connectivity index (χ4n) is 3.23. The molecule has 0 saturated heterocycles. The molecule has 0 heterocycles. The molecule has 2 rings (SSSR count). The summed E-state index contributed by atoms with van der Waals surface area (Å²) in [5, 5.41) is 0.562. The summed E-state index contributed by atoms with van der Waals surface area (Å²) in [5.41, 5.74) is 6.41. The van der Waals surface area contributed by atoms with Crippen molar-refractivity contribution in [1.29, 1.82) is 0 Å². The van der Waals surface area contributed by atoms with Crippen LogP contribution in [-0.2, 0) is 0 Å². The minimum absolute atomic E-state index is 0.00336. The molecule has 1 amide bonds. The molecule has 1 aliphatic carbocycles. The molecule has 116 valence electrons. The van der Waals surface area contributed by atoms with Crippen molar-refractivity contribution in [3.05, 3.63) is 28.8 Å². The Hall–Kier alpha value is -1.26. The average Bonchev–Trinajstić information content (AvgIpc) is 2.96. The van der Waals surface area contributed by atoms with Crippen LogP contribution in [0.5, 0.6) is 5.75 Å². The summed E-state index contributed by atoms with van der Waals surface area (Å²) in [6.07, 6.45) is 3.26. The van der Waals surface area contributed by atoms with Crippen LogP contribution in [-0.4, -0.2) is 37.0 Å². The van der Waals surface area contributed by atoms with Crippen LogP contribution >= 0.6 is 11.6 Å². The zero-order chi connectivity index (χ0) is 15.4. The van der Waals surface area contributed by atoms with Gasteiger partial charge in [0.1, 0.15) is 5.75 Å². The first-order valence-corrected chi connectivity index (χ1v) is 7.84. The van der Waals surface area contributed by atoms with Crippen molar-refractivity contribution < 1.29 is 9.53 Å². The Morgan fingerprint density at radius 1 is 1.48 bits per heavy atom. The Kier molecular flexibility index (Phi) is 5.48. The highest BCUT2D eigenvalue weighted by Gasteiger charge is 2.34. The number of hydrogen-bond acceptors (Lipinski definition) is 3. The second kappa shape index (κ2) is 7.14. The molecule has 1 aromatic rings. The van der Waals surface area contributed by atoms with Crippen LogP contribution in [0.25, 0.3) is 0 Å². The number of nitrogens with zero attached hydrogens (tertiary/aromatic N) is 1. The van der Waals surface area contributed by atoms with Gasteiger partial charge in [0.2, 0.25) is 0 Å². The molecule has 0 aliphatic heterocycles. The Morgan fingerprint density at radius 3 is 2.86 bits per heavy atom. The molecule has 0 spiro atoms. The van der Waals surface area contributed by atoms with Gasteiger partial charge in [-0.15, -0.1) is 0 Å². The average molecular weight is 311 g/mol. The van der Waals surface area contributed by atoms with E-state index in [0.717, 1.165) is 19.3 Å². The summed E-state index contributed by atoms with van der Waals surface area (Å²) >= 11 is 5.97. The highest BCUT2D eigenvalue weighted by atomic mass is 35.5. The van der Waals surface area contributed by atoms with Crippen molar-refractivity contribution in [2.24, 2.45) is 11.7 Å². The Morgan fingerprint density at radius 2 is 2.24 bits per heavy atom. The van der Waals surface area contributed by atoms with Gasteiger partial charge < -0.3 is 15.4 Å². The van der Waals surface area contributed by atoms with E-state index in [1.165, 1.54) is 0 Å². The maximum Gasteiger partial charge on any atom is 0.257 e. The lowest BCUT2D eigenvalue weighted by Gasteiger charge is -2.32. The predicted octanol–water partition coefficient (Wildman–Crippen LogP) is 2.94. The minimum atomic E-state index is -0.00336. The van der Waals surface area contributed by atoms with Crippen molar-refractivity contribution in [3.8, 4) is 5.75 Å². The van der Waals surface area contributed by atoms with Gasteiger partial charge in [-0.3, -0.25) is 4.79 Å². The molecular weight excluding hydrogens is 288 g/mol.